The summed E-state index contributed by atoms with van der Waals surface area (Å²) in [5.41, 5.74) is 1.67. The molecule has 19 heavy (non-hydrogen) atoms. The minimum atomic E-state index is 0.275. The van der Waals surface area contributed by atoms with Crippen molar-refractivity contribution in [1.29, 1.82) is 0 Å². The molecule has 0 saturated heterocycles. The predicted octanol–water partition coefficient (Wildman–Crippen LogP) is 4.18. The number of rotatable bonds is 9. The molecular formula is C17H29NO. The van der Waals surface area contributed by atoms with Crippen LogP contribution in [0, 0.1) is 5.41 Å². The van der Waals surface area contributed by atoms with Crippen molar-refractivity contribution in [2.24, 2.45) is 5.41 Å². The third kappa shape index (κ3) is 6.22. The fraction of sp³-hybridized carbons (Fsp3) is 0.647. The summed E-state index contributed by atoms with van der Waals surface area (Å²) in [6.07, 6.45) is 3.47. The van der Waals surface area contributed by atoms with Gasteiger partial charge in [0.2, 0.25) is 0 Å². The van der Waals surface area contributed by atoms with E-state index in [4.69, 9.17) is 4.74 Å². The number of hydrogen-bond acceptors (Lipinski definition) is 2. The van der Waals surface area contributed by atoms with Crippen molar-refractivity contribution in [3.05, 3.63) is 35.9 Å². The summed E-state index contributed by atoms with van der Waals surface area (Å²) in [6, 6.07) is 11.2. The van der Waals surface area contributed by atoms with E-state index in [-0.39, 0.29) is 5.41 Å². The first-order valence-electron chi connectivity index (χ1n) is 7.36. The Balaban J connectivity index is 2.55. The average molecular weight is 263 g/mol. The fourth-order valence-corrected chi connectivity index (χ4v) is 2.23. The normalized spacial score (nSPS) is 13.5. The summed E-state index contributed by atoms with van der Waals surface area (Å²) >= 11 is 0. The maximum Gasteiger partial charge on any atom is 0.0467 e. The molecule has 0 aromatic heterocycles. The van der Waals surface area contributed by atoms with Crippen molar-refractivity contribution in [2.75, 3.05) is 20.3 Å². The quantitative estimate of drug-likeness (QED) is 0.721. The summed E-state index contributed by atoms with van der Waals surface area (Å²) in [4.78, 5) is 0. The maximum atomic E-state index is 5.19. The number of methoxy groups -OCH3 is 1. The van der Waals surface area contributed by atoms with E-state index in [2.05, 4.69) is 56.4 Å². The minimum Gasteiger partial charge on any atom is -0.385 e. The van der Waals surface area contributed by atoms with Gasteiger partial charge in [-0.25, -0.2) is 0 Å². The first-order valence-corrected chi connectivity index (χ1v) is 7.36. The van der Waals surface area contributed by atoms with Crippen LogP contribution in [0.15, 0.2) is 30.3 Å². The Labute approximate surface area is 118 Å². The van der Waals surface area contributed by atoms with E-state index < -0.39 is 0 Å². The summed E-state index contributed by atoms with van der Waals surface area (Å²) < 4.78 is 5.19. The van der Waals surface area contributed by atoms with Crippen LogP contribution in [0.2, 0.25) is 0 Å². The van der Waals surface area contributed by atoms with Crippen molar-refractivity contribution in [2.45, 2.75) is 46.1 Å². The molecule has 0 amide bonds. The first-order chi connectivity index (χ1) is 9.09. The van der Waals surface area contributed by atoms with Crippen molar-refractivity contribution in [1.82, 2.24) is 5.32 Å². The van der Waals surface area contributed by atoms with E-state index in [0.717, 1.165) is 19.6 Å². The van der Waals surface area contributed by atoms with Crippen molar-refractivity contribution in [3.63, 3.8) is 0 Å². The van der Waals surface area contributed by atoms with E-state index in [1.54, 1.807) is 7.11 Å². The molecule has 2 heteroatoms. The molecule has 1 aromatic rings. The van der Waals surface area contributed by atoms with Crippen molar-refractivity contribution in [3.8, 4) is 0 Å². The van der Waals surface area contributed by atoms with Crippen molar-refractivity contribution >= 4 is 0 Å². The Hall–Kier alpha value is -0.860. The predicted molar refractivity (Wildman–Crippen MR) is 82.4 cm³/mol. The molecule has 108 valence electrons. The molecule has 2 nitrogen and oxygen atoms in total. The second-order valence-electron chi connectivity index (χ2n) is 6.04. The topological polar surface area (TPSA) is 21.3 Å². The lowest BCUT2D eigenvalue weighted by Gasteiger charge is -2.28. The van der Waals surface area contributed by atoms with E-state index in [1.807, 2.05) is 0 Å². The highest BCUT2D eigenvalue weighted by Gasteiger charge is 2.19. The third-order valence-corrected chi connectivity index (χ3v) is 3.59. The lowest BCUT2D eigenvalue weighted by molar-refractivity contribution is 0.148. The largest absolute Gasteiger partial charge is 0.385 e. The first kappa shape index (κ1) is 16.2. The van der Waals surface area contributed by atoms with E-state index in [1.165, 1.54) is 18.4 Å². The Bertz CT molecular complexity index is 334. The molecule has 1 N–H and O–H groups in total. The van der Waals surface area contributed by atoms with Gasteiger partial charge in [-0.15, -0.1) is 0 Å². The number of ether oxygens (including phenoxy) is 1. The van der Waals surface area contributed by atoms with Gasteiger partial charge < -0.3 is 10.1 Å². The van der Waals surface area contributed by atoms with E-state index in [9.17, 15) is 0 Å². The summed E-state index contributed by atoms with van der Waals surface area (Å²) in [7, 11) is 1.77. The van der Waals surface area contributed by atoms with Crippen molar-refractivity contribution < 1.29 is 4.74 Å². The van der Waals surface area contributed by atoms with Gasteiger partial charge in [0.05, 0.1) is 0 Å². The highest BCUT2D eigenvalue weighted by Crippen LogP contribution is 2.23. The molecule has 1 rings (SSSR count). The van der Waals surface area contributed by atoms with Crippen LogP contribution in [0.25, 0.3) is 0 Å². The fourth-order valence-electron chi connectivity index (χ4n) is 2.23. The smallest absolute Gasteiger partial charge is 0.0467 e. The Kier molecular flexibility index (Phi) is 7.11. The van der Waals surface area contributed by atoms with Crippen LogP contribution in [0.5, 0.6) is 0 Å². The van der Waals surface area contributed by atoms with Gasteiger partial charge in [0, 0.05) is 26.3 Å². The SMILES string of the molecule is CCCC(NCC(C)(C)CCOC)c1ccccc1. The summed E-state index contributed by atoms with van der Waals surface area (Å²) in [6.45, 7) is 8.70. The van der Waals surface area contributed by atoms with Gasteiger partial charge in [0.1, 0.15) is 0 Å². The number of benzene rings is 1. The summed E-state index contributed by atoms with van der Waals surface area (Å²) in [5, 5.41) is 3.73. The van der Waals surface area contributed by atoms with Gasteiger partial charge in [-0.1, -0.05) is 57.5 Å². The van der Waals surface area contributed by atoms with Crippen LogP contribution >= 0.6 is 0 Å². The third-order valence-electron chi connectivity index (χ3n) is 3.59. The van der Waals surface area contributed by atoms with Crippen LogP contribution in [0.4, 0.5) is 0 Å². The van der Waals surface area contributed by atoms with Gasteiger partial charge in [0.25, 0.3) is 0 Å². The Morgan fingerprint density at radius 2 is 1.89 bits per heavy atom. The molecule has 0 heterocycles. The van der Waals surface area contributed by atoms with Crippen LogP contribution in [0.3, 0.4) is 0 Å². The van der Waals surface area contributed by atoms with Gasteiger partial charge in [-0.2, -0.15) is 0 Å². The molecule has 0 spiro atoms. The molecule has 1 unspecified atom stereocenters. The van der Waals surface area contributed by atoms with Crippen LogP contribution in [-0.2, 0) is 4.74 Å². The van der Waals surface area contributed by atoms with Gasteiger partial charge in [-0.05, 0) is 23.8 Å². The van der Waals surface area contributed by atoms with Gasteiger partial charge >= 0.3 is 0 Å². The molecule has 0 fully saturated rings. The zero-order chi connectivity index (χ0) is 14.1. The zero-order valence-corrected chi connectivity index (χ0v) is 12.9. The van der Waals surface area contributed by atoms with Gasteiger partial charge in [-0.3, -0.25) is 0 Å². The lowest BCUT2D eigenvalue weighted by atomic mass is 9.89. The summed E-state index contributed by atoms with van der Waals surface area (Å²) in [5.74, 6) is 0. The van der Waals surface area contributed by atoms with Crippen LogP contribution in [0.1, 0.15) is 51.6 Å². The standard InChI is InChI=1S/C17H29NO/c1-5-9-16(15-10-7-6-8-11-15)18-14-17(2,3)12-13-19-4/h6-8,10-11,16,18H,5,9,12-14H2,1-4H3. The second-order valence-corrected chi connectivity index (χ2v) is 6.04. The zero-order valence-electron chi connectivity index (χ0n) is 12.9. The van der Waals surface area contributed by atoms with Gasteiger partial charge in [0.15, 0.2) is 0 Å². The molecule has 0 bridgehead atoms. The molecule has 1 atom stereocenters. The Morgan fingerprint density at radius 1 is 1.21 bits per heavy atom. The van der Waals surface area contributed by atoms with Crippen LogP contribution in [-0.4, -0.2) is 20.3 Å². The number of nitrogens with one attached hydrogen (secondary N) is 1. The second kappa shape index (κ2) is 8.34. The minimum absolute atomic E-state index is 0.275. The molecule has 0 radical (unpaired) electrons. The van der Waals surface area contributed by atoms with Crippen LogP contribution < -0.4 is 5.32 Å². The molecule has 0 saturated carbocycles. The molecular weight excluding hydrogens is 234 g/mol. The molecule has 0 aliphatic heterocycles. The average Bonchev–Trinajstić information content (AvgIpc) is 2.42. The molecule has 0 aliphatic carbocycles. The monoisotopic (exact) mass is 263 g/mol. The van der Waals surface area contributed by atoms with E-state index in [0.29, 0.717) is 6.04 Å². The highest BCUT2D eigenvalue weighted by atomic mass is 16.5. The molecule has 0 aliphatic rings. The highest BCUT2D eigenvalue weighted by molar-refractivity contribution is 5.18. The van der Waals surface area contributed by atoms with E-state index >= 15 is 0 Å². The molecule has 1 aromatic carbocycles. The Morgan fingerprint density at radius 3 is 2.47 bits per heavy atom. The lowest BCUT2D eigenvalue weighted by Crippen LogP contribution is -2.33. The maximum absolute atomic E-state index is 5.19. The number of hydrogen-bond donors (Lipinski definition) is 1.